The Bertz CT molecular complexity index is 393. The van der Waals surface area contributed by atoms with E-state index in [0.29, 0.717) is 12.5 Å². The predicted molar refractivity (Wildman–Crippen MR) is 80.0 cm³/mol. The number of aliphatic hydroxyl groups excluding tert-OH is 1. The van der Waals surface area contributed by atoms with Gasteiger partial charge in [-0.15, -0.1) is 0 Å². The minimum atomic E-state index is -0.886. The summed E-state index contributed by atoms with van der Waals surface area (Å²) in [5, 5.41) is 11.9. The van der Waals surface area contributed by atoms with Gasteiger partial charge in [0.2, 0.25) is 0 Å². The van der Waals surface area contributed by atoms with E-state index in [1.807, 2.05) is 12.1 Å². The molecule has 0 amide bonds. The number of aliphatic hydroxyl groups is 1. The topological polar surface area (TPSA) is 57.1 Å². The molecule has 2 aliphatic rings. The van der Waals surface area contributed by atoms with Crippen LogP contribution >= 0.6 is 0 Å². The summed E-state index contributed by atoms with van der Waals surface area (Å²) < 4.78 is 5.39. The van der Waals surface area contributed by atoms with Crippen molar-refractivity contribution < 1.29 is 9.84 Å². The largest absolute Gasteiger partial charge is 0.365 e. The SMILES string of the molecule is CCCCOC(O)C1N=C(CC2C=CC=CC2)N(C)N1. The summed E-state index contributed by atoms with van der Waals surface area (Å²) in [6.07, 6.45) is 11.2. The zero-order chi connectivity index (χ0) is 14.4. The molecule has 0 saturated heterocycles. The van der Waals surface area contributed by atoms with Crippen molar-refractivity contribution in [3.05, 3.63) is 24.3 Å². The Morgan fingerprint density at radius 3 is 3.10 bits per heavy atom. The number of ether oxygens (including phenoxy) is 1. The van der Waals surface area contributed by atoms with Crippen LogP contribution < -0.4 is 5.43 Å². The maximum absolute atomic E-state index is 9.97. The van der Waals surface area contributed by atoms with Crippen molar-refractivity contribution in [2.45, 2.75) is 45.1 Å². The number of rotatable bonds is 7. The molecule has 2 N–H and O–H groups in total. The summed E-state index contributed by atoms with van der Waals surface area (Å²) in [7, 11) is 1.93. The van der Waals surface area contributed by atoms with Gasteiger partial charge in [0.1, 0.15) is 5.84 Å². The van der Waals surface area contributed by atoms with Crippen LogP contribution in [0, 0.1) is 5.92 Å². The van der Waals surface area contributed by atoms with Crippen molar-refractivity contribution in [1.82, 2.24) is 10.4 Å². The molecule has 5 nitrogen and oxygen atoms in total. The van der Waals surface area contributed by atoms with Crippen molar-refractivity contribution in [3.8, 4) is 0 Å². The second-order valence-electron chi connectivity index (χ2n) is 5.31. The molecule has 0 saturated carbocycles. The highest BCUT2D eigenvalue weighted by atomic mass is 16.6. The molecule has 5 heteroatoms. The lowest BCUT2D eigenvalue weighted by Crippen LogP contribution is -2.43. The Hall–Kier alpha value is -1.17. The summed E-state index contributed by atoms with van der Waals surface area (Å²) >= 11 is 0. The second-order valence-corrected chi connectivity index (χ2v) is 5.31. The molecule has 0 spiro atoms. The van der Waals surface area contributed by atoms with Gasteiger partial charge in [-0.2, -0.15) is 0 Å². The summed E-state index contributed by atoms with van der Waals surface area (Å²) in [6, 6.07) is 0. The van der Waals surface area contributed by atoms with E-state index in [1.165, 1.54) is 0 Å². The van der Waals surface area contributed by atoms with E-state index in [2.05, 4.69) is 41.6 Å². The van der Waals surface area contributed by atoms with Gasteiger partial charge in [0.15, 0.2) is 12.5 Å². The molecule has 3 atom stereocenters. The highest BCUT2D eigenvalue weighted by Gasteiger charge is 2.28. The third-order valence-corrected chi connectivity index (χ3v) is 3.57. The van der Waals surface area contributed by atoms with Gasteiger partial charge in [0, 0.05) is 20.1 Å². The van der Waals surface area contributed by atoms with Crippen molar-refractivity contribution in [3.63, 3.8) is 0 Å². The predicted octanol–water partition coefficient (Wildman–Crippen LogP) is 1.82. The highest BCUT2D eigenvalue weighted by molar-refractivity contribution is 5.83. The van der Waals surface area contributed by atoms with E-state index in [9.17, 15) is 5.11 Å². The van der Waals surface area contributed by atoms with E-state index >= 15 is 0 Å². The van der Waals surface area contributed by atoms with Gasteiger partial charge < -0.3 is 9.84 Å². The first-order valence-electron chi connectivity index (χ1n) is 7.40. The number of hydrazine groups is 1. The lowest BCUT2D eigenvalue weighted by Gasteiger charge is -2.20. The molecule has 20 heavy (non-hydrogen) atoms. The van der Waals surface area contributed by atoms with Gasteiger partial charge in [0.25, 0.3) is 0 Å². The first-order chi connectivity index (χ1) is 9.70. The zero-order valence-corrected chi connectivity index (χ0v) is 12.3. The van der Waals surface area contributed by atoms with Crippen molar-refractivity contribution in [2.75, 3.05) is 13.7 Å². The Morgan fingerprint density at radius 2 is 2.40 bits per heavy atom. The highest BCUT2D eigenvalue weighted by Crippen LogP contribution is 2.19. The second kappa shape index (κ2) is 7.57. The fourth-order valence-electron chi connectivity index (χ4n) is 2.32. The summed E-state index contributed by atoms with van der Waals surface area (Å²) in [4.78, 5) is 4.54. The maximum atomic E-state index is 9.97. The Labute approximate surface area is 121 Å². The number of unbranched alkanes of at least 4 members (excludes halogenated alkanes) is 1. The van der Waals surface area contributed by atoms with Crippen LogP contribution in [-0.2, 0) is 4.74 Å². The third-order valence-electron chi connectivity index (χ3n) is 3.57. The van der Waals surface area contributed by atoms with Crippen LogP contribution in [0.4, 0.5) is 0 Å². The number of nitrogens with zero attached hydrogens (tertiary/aromatic N) is 2. The standard InChI is InChI=1S/C15H25N3O2/c1-3-4-10-20-15(19)14-16-13(18(2)17-14)11-12-8-6-5-7-9-12/h5-8,12,14-15,17,19H,3-4,9-11H2,1-2H3. The van der Waals surface area contributed by atoms with Crippen LogP contribution in [0.3, 0.4) is 0 Å². The number of nitrogens with one attached hydrogen (secondary N) is 1. The van der Waals surface area contributed by atoms with E-state index < -0.39 is 12.5 Å². The monoisotopic (exact) mass is 279 g/mol. The lowest BCUT2D eigenvalue weighted by atomic mass is 9.97. The molecule has 0 fully saturated rings. The molecule has 1 heterocycles. The first-order valence-corrected chi connectivity index (χ1v) is 7.40. The molecule has 0 radical (unpaired) electrons. The minimum absolute atomic E-state index is 0.394. The molecule has 0 bridgehead atoms. The normalized spacial score (nSPS) is 26.9. The van der Waals surface area contributed by atoms with Gasteiger partial charge >= 0.3 is 0 Å². The molecule has 0 aromatic carbocycles. The van der Waals surface area contributed by atoms with Gasteiger partial charge in [-0.1, -0.05) is 37.6 Å². The summed E-state index contributed by atoms with van der Waals surface area (Å²) in [6.45, 7) is 2.67. The Balaban J connectivity index is 1.84. The molecule has 0 aromatic heterocycles. The van der Waals surface area contributed by atoms with E-state index in [1.54, 1.807) is 0 Å². The van der Waals surface area contributed by atoms with Gasteiger partial charge in [-0.3, -0.25) is 5.01 Å². The van der Waals surface area contributed by atoms with Crippen molar-refractivity contribution in [1.29, 1.82) is 0 Å². The van der Waals surface area contributed by atoms with E-state index in [4.69, 9.17) is 4.74 Å². The molecular weight excluding hydrogens is 254 g/mol. The van der Waals surface area contributed by atoms with Crippen LogP contribution in [0.25, 0.3) is 0 Å². The van der Waals surface area contributed by atoms with Crippen molar-refractivity contribution >= 4 is 5.84 Å². The fraction of sp³-hybridized carbons (Fsp3) is 0.667. The average Bonchev–Trinajstić information content (AvgIpc) is 2.82. The van der Waals surface area contributed by atoms with Gasteiger partial charge in [0.05, 0.1) is 0 Å². The number of allylic oxidation sites excluding steroid dienone is 4. The summed E-state index contributed by atoms with van der Waals surface area (Å²) in [5.41, 5.74) is 3.13. The molecule has 3 unspecified atom stereocenters. The van der Waals surface area contributed by atoms with E-state index in [0.717, 1.165) is 31.5 Å². The molecular formula is C15H25N3O2. The zero-order valence-electron chi connectivity index (χ0n) is 12.3. The Morgan fingerprint density at radius 1 is 1.55 bits per heavy atom. The molecule has 2 rings (SSSR count). The molecule has 0 aromatic rings. The lowest BCUT2D eigenvalue weighted by molar-refractivity contribution is -0.121. The van der Waals surface area contributed by atoms with Crippen LogP contribution in [0.2, 0.25) is 0 Å². The van der Waals surface area contributed by atoms with Gasteiger partial charge in [-0.25, -0.2) is 10.4 Å². The van der Waals surface area contributed by atoms with Crippen LogP contribution in [0.5, 0.6) is 0 Å². The van der Waals surface area contributed by atoms with Gasteiger partial charge in [-0.05, 0) is 18.8 Å². The number of aliphatic imine (C=N–C) groups is 1. The maximum Gasteiger partial charge on any atom is 0.192 e. The van der Waals surface area contributed by atoms with Crippen LogP contribution in [-0.4, -0.2) is 42.1 Å². The number of amidine groups is 1. The quantitative estimate of drug-likeness (QED) is 0.551. The summed E-state index contributed by atoms with van der Waals surface area (Å²) in [5.74, 6) is 1.46. The third kappa shape index (κ3) is 4.16. The Kier molecular flexibility index (Phi) is 5.76. The first kappa shape index (κ1) is 15.2. The minimum Gasteiger partial charge on any atom is -0.365 e. The number of hydrogen-bond acceptors (Lipinski definition) is 5. The number of hydrogen-bond donors (Lipinski definition) is 2. The van der Waals surface area contributed by atoms with Crippen LogP contribution in [0.15, 0.2) is 29.3 Å². The fourth-order valence-corrected chi connectivity index (χ4v) is 2.32. The average molecular weight is 279 g/mol. The smallest absolute Gasteiger partial charge is 0.192 e. The molecule has 112 valence electrons. The molecule has 1 aliphatic heterocycles. The van der Waals surface area contributed by atoms with Crippen LogP contribution in [0.1, 0.15) is 32.6 Å². The molecule has 1 aliphatic carbocycles. The van der Waals surface area contributed by atoms with Crippen molar-refractivity contribution in [2.24, 2.45) is 10.9 Å². The van der Waals surface area contributed by atoms with E-state index in [-0.39, 0.29) is 0 Å².